The standard InChI is InChI=1S/Er.2Mo.S2/c;;;1-2/q;2*+1;-2. The summed E-state index contributed by atoms with van der Waals surface area (Å²) in [5, 5.41) is 0. The molecule has 0 amide bonds. The van der Waals surface area contributed by atoms with Crippen molar-refractivity contribution in [2.75, 3.05) is 0 Å². The molecule has 0 fully saturated rings. The van der Waals surface area contributed by atoms with E-state index in [0.717, 1.165) is 0 Å². The van der Waals surface area contributed by atoms with Crippen LogP contribution in [0.2, 0.25) is 0 Å². The summed E-state index contributed by atoms with van der Waals surface area (Å²) in [6, 6.07) is 0. The molecule has 0 aromatic heterocycles. The summed E-state index contributed by atoms with van der Waals surface area (Å²) < 4.78 is 0. The van der Waals surface area contributed by atoms with Crippen LogP contribution < -0.4 is 0 Å². The van der Waals surface area contributed by atoms with Crippen molar-refractivity contribution in [2.45, 2.75) is 0 Å². The molecular formula is ErMo2S2. The van der Waals surface area contributed by atoms with E-state index in [1.807, 2.05) is 37.1 Å². The van der Waals surface area contributed by atoms with Crippen LogP contribution >= 0.6 is 17.0 Å². The van der Waals surface area contributed by atoms with Crippen LogP contribution in [0, 0.1) is 37.3 Å². The van der Waals surface area contributed by atoms with E-state index in [0.29, 0.717) is 0 Å². The molecule has 0 atom stereocenters. The quantitative estimate of drug-likeness (QED) is 0.461. The molecule has 36 valence electrons. The maximum atomic E-state index is 2.01. The molecule has 5 heavy (non-hydrogen) atoms. The van der Waals surface area contributed by atoms with Crippen molar-refractivity contribution < 1.29 is 74.4 Å². The van der Waals surface area contributed by atoms with Gasteiger partial charge in [-0.3, -0.25) is 0 Å². The topological polar surface area (TPSA) is 0 Å². The second kappa shape index (κ2) is 10.3. The maximum absolute atomic E-state index is 2.01. The van der Waals surface area contributed by atoms with Crippen molar-refractivity contribution in [1.82, 2.24) is 0 Å². The molecule has 0 saturated heterocycles. The third kappa shape index (κ3) is 11.1. The molecule has 0 aliphatic carbocycles. The van der Waals surface area contributed by atoms with Crippen LogP contribution in [0.15, 0.2) is 0 Å². The Bertz CT molecular complexity index is 9.61. The second-order valence-electron chi connectivity index (χ2n) is 0.136. The monoisotopic (exact) mass is 426 g/mol. The normalized spacial score (nSPS) is 5.60. The second-order valence-corrected chi connectivity index (χ2v) is 7.25. The average molecular weight is 423 g/mol. The van der Waals surface area contributed by atoms with Gasteiger partial charge in [0, 0.05) is 37.3 Å². The minimum absolute atomic E-state index is 0. The number of hydrogen-bond donors (Lipinski definition) is 0. The van der Waals surface area contributed by atoms with Crippen molar-refractivity contribution in [2.24, 2.45) is 0 Å². The van der Waals surface area contributed by atoms with E-state index in [1.165, 1.54) is 0 Å². The minimum atomic E-state index is 0. The van der Waals surface area contributed by atoms with E-state index in [9.17, 15) is 0 Å². The number of rotatable bonds is 1. The first kappa shape index (κ1) is 11.2. The first-order valence-electron chi connectivity index (χ1n) is 0.500. The molecule has 0 nitrogen and oxygen atoms in total. The van der Waals surface area contributed by atoms with Crippen molar-refractivity contribution in [3.05, 3.63) is 0 Å². The third-order valence-corrected chi connectivity index (χ3v) is 8.75. The Balaban J connectivity index is 0. The Morgan fingerprint density at radius 1 is 1.00 bits per heavy atom. The van der Waals surface area contributed by atoms with Gasteiger partial charge in [-0.25, -0.2) is 0 Å². The van der Waals surface area contributed by atoms with E-state index in [2.05, 4.69) is 0 Å². The SMILES string of the molecule is [Er].[Mo][S][S][Mo]. The molecule has 0 radical (unpaired) electrons. The van der Waals surface area contributed by atoms with Crippen LogP contribution in [0.3, 0.4) is 0 Å². The molecule has 5 heteroatoms. The van der Waals surface area contributed by atoms with E-state index < -0.39 is 0 Å². The molecule has 0 heterocycles. The zero-order valence-corrected chi connectivity index (χ0v) is 9.42. The molecule has 0 aromatic carbocycles. The molecular weight excluding hydrogens is 423 g/mol. The van der Waals surface area contributed by atoms with Crippen LogP contribution in [0.4, 0.5) is 0 Å². The molecule has 0 N–H and O–H groups in total. The van der Waals surface area contributed by atoms with Crippen LogP contribution in [-0.4, -0.2) is 0 Å². The average Bonchev–Trinajstić information content (AvgIpc) is 1.37. The van der Waals surface area contributed by atoms with Gasteiger partial charge in [0.05, 0.1) is 0 Å². The van der Waals surface area contributed by atoms with Crippen LogP contribution in [0.25, 0.3) is 0 Å². The third-order valence-electron chi connectivity index (χ3n) is 0.0278. The van der Waals surface area contributed by atoms with Gasteiger partial charge in [-0.15, -0.1) is 0 Å². The summed E-state index contributed by atoms with van der Waals surface area (Å²) in [5.41, 5.74) is 0. The Labute approximate surface area is 89.2 Å². The summed E-state index contributed by atoms with van der Waals surface area (Å²) in [6.07, 6.45) is 0. The van der Waals surface area contributed by atoms with Gasteiger partial charge in [-0.05, 0) is 0 Å². The van der Waals surface area contributed by atoms with Crippen molar-refractivity contribution >= 4 is 17.0 Å². The van der Waals surface area contributed by atoms with Crippen LogP contribution in [-0.2, 0) is 37.1 Å². The molecule has 0 aromatic rings. The Hall–Kier alpha value is 3.32. The summed E-state index contributed by atoms with van der Waals surface area (Å²) in [4.78, 5) is 0. The fourth-order valence-electron chi connectivity index (χ4n) is 0. The molecule has 0 spiro atoms. The molecule has 0 bridgehead atoms. The Morgan fingerprint density at radius 3 is 1.20 bits per heavy atom. The molecule has 0 aliphatic heterocycles. The van der Waals surface area contributed by atoms with Gasteiger partial charge < -0.3 is 0 Å². The summed E-state index contributed by atoms with van der Waals surface area (Å²) in [6.45, 7) is 0. The Kier molecular flexibility index (Phi) is 23.1. The predicted molar refractivity (Wildman–Crippen MR) is 15.2 cm³/mol. The van der Waals surface area contributed by atoms with Gasteiger partial charge in [-0.2, -0.15) is 0 Å². The van der Waals surface area contributed by atoms with Crippen molar-refractivity contribution in [3.8, 4) is 0 Å². The first-order valence-corrected chi connectivity index (χ1v) is 7.42. The van der Waals surface area contributed by atoms with Gasteiger partial charge in [-0.1, -0.05) is 0 Å². The first-order chi connectivity index (χ1) is 1.91. The van der Waals surface area contributed by atoms with E-state index >= 15 is 0 Å². The van der Waals surface area contributed by atoms with Gasteiger partial charge in [0.25, 0.3) is 0 Å². The Morgan fingerprint density at radius 2 is 1.20 bits per heavy atom. The molecule has 0 saturated carbocycles. The molecule has 0 unspecified atom stereocenters. The zero-order valence-electron chi connectivity index (χ0n) is 1.92. The van der Waals surface area contributed by atoms with Gasteiger partial charge in [0.1, 0.15) is 0 Å². The number of hydrogen-bond acceptors (Lipinski definition) is 2. The fraction of sp³-hybridized carbons (Fsp3) is 0. The van der Waals surface area contributed by atoms with E-state index in [4.69, 9.17) is 0 Å². The molecule has 0 aliphatic rings. The van der Waals surface area contributed by atoms with Crippen molar-refractivity contribution in [3.63, 3.8) is 0 Å². The summed E-state index contributed by atoms with van der Waals surface area (Å²) >= 11 is 4.01. The van der Waals surface area contributed by atoms with Crippen LogP contribution in [0.1, 0.15) is 0 Å². The van der Waals surface area contributed by atoms with E-state index in [-0.39, 0.29) is 37.3 Å². The van der Waals surface area contributed by atoms with Crippen molar-refractivity contribution in [1.29, 1.82) is 0 Å². The van der Waals surface area contributed by atoms with Gasteiger partial charge >= 0.3 is 54.1 Å². The van der Waals surface area contributed by atoms with E-state index in [1.54, 1.807) is 17.0 Å². The van der Waals surface area contributed by atoms with Crippen LogP contribution in [0.5, 0.6) is 0 Å². The summed E-state index contributed by atoms with van der Waals surface area (Å²) in [7, 11) is 3.58. The fourth-order valence-corrected chi connectivity index (χ4v) is 0. The zero-order chi connectivity index (χ0) is 3.41. The summed E-state index contributed by atoms with van der Waals surface area (Å²) in [5.74, 6) is 0. The molecule has 0 rings (SSSR count). The van der Waals surface area contributed by atoms with Gasteiger partial charge in [0.15, 0.2) is 0 Å². The predicted octanol–water partition coefficient (Wildman–Crippen LogP) is 1.29. The van der Waals surface area contributed by atoms with Gasteiger partial charge in [0.2, 0.25) is 0 Å².